The molecule has 1 atom stereocenters. The number of carbonyl (C=O) groups is 2. The number of aromatic amines is 1. The van der Waals surface area contributed by atoms with Crippen LogP contribution in [-0.4, -0.2) is 27.3 Å². The number of hydrazine groups is 1. The number of rotatable bonds is 4. The van der Waals surface area contributed by atoms with Gasteiger partial charge in [0, 0.05) is 10.3 Å². The molecule has 0 spiro atoms. The van der Waals surface area contributed by atoms with Crippen molar-refractivity contribution >= 4 is 34.3 Å². The largest absolute Gasteiger partial charge is 0.290 e. The standard InChI is InChI=1S/C19H18N4O3S/c1-11-7-9-13(10-8-11)27-12(2)17(24)21-23-19(26)16-14-5-3-4-6-15(14)18(25)22-20-16/h3-10,12H,1-2H3,(H,21,24)(H,22,25)(H,23,26)/t12-/m0/s1. The molecule has 0 aliphatic rings. The Balaban J connectivity index is 1.65. The number of hydrogen-bond acceptors (Lipinski definition) is 5. The van der Waals surface area contributed by atoms with E-state index in [0.717, 1.165) is 10.5 Å². The van der Waals surface area contributed by atoms with Crippen LogP contribution in [0.3, 0.4) is 0 Å². The summed E-state index contributed by atoms with van der Waals surface area (Å²) in [5.41, 5.74) is 5.54. The van der Waals surface area contributed by atoms with Crippen molar-refractivity contribution in [3.8, 4) is 0 Å². The molecule has 0 saturated carbocycles. The highest BCUT2D eigenvalue weighted by Crippen LogP contribution is 2.23. The van der Waals surface area contributed by atoms with Crippen LogP contribution in [0.25, 0.3) is 10.8 Å². The van der Waals surface area contributed by atoms with E-state index in [0.29, 0.717) is 10.8 Å². The number of nitrogens with one attached hydrogen (secondary N) is 3. The summed E-state index contributed by atoms with van der Waals surface area (Å²) in [5, 5.41) is 6.44. The summed E-state index contributed by atoms with van der Waals surface area (Å²) in [6.07, 6.45) is 0. The van der Waals surface area contributed by atoms with Crippen LogP contribution in [0.2, 0.25) is 0 Å². The normalized spacial score (nSPS) is 11.8. The Kier molecular flexibility index (Phi) is 5.56. The van der Waals surface area contributed by atoms with Gasteiger partial charge in [-0.25, -0.2) is 5.10 Å². The van der Waals surface area contributed by atoms with E-state index >= 15 is 0 Å². The van der Waals surface area contributed by atoms with Gasteiger partial charge in [0.2, 0.25) is 0 Å². The third kappa shape index (κ3) is 4.35. The molecule has 2 amide bonds. The predicted molar refractivity (Wildman–Crippen MR) is 104 cm³/mol. The lowest BCUT2D eigenvalue weighted by molar-refractivity contribution is -0.121. The monoisotopic (exact) mass is 382 g/mol. The van der Waals surface area contributed by atoms with Crippen molar-refractivity contribution in [3.63, 3.8) is 0 Å². The molecule has 0 radical (unpaired) electrons. The Bertz CT molecular complexity index is 1050. The Hall–Kier alpha value is -3.13. The molecular formula is C19H18N4O3S. The third-order valence-corrected chi connectivity index (χ3v) is 5.03. The lowest BCUT2D eigenvalue weighted by atomic mass is 10.1. The Labute approximate surface area is 159 Å². The molecule has 0 bridgehead atoms. The minimum atomic E-state index is -0.608. The maximum Gasteiger partial charge on any atom is 0.290 e. The second kappa shape index (κ2) is 8.05. The topological polar surface area (TPSA) is 104 Å². The fourth-order valence-corrected chi connectivity index (χ4v) is 3.31. The number of fused-ring (bicyclic) bond motifs is 1. The average molecular weight is 382 g/mol. The van der Waals surface area contributed by atoms with Crippen molar-refractivity contribution in [2.75, 3.05) is 0 Å². The zero-order chi connectivity index (χ0) is 19.4. The minimum Gasteiger partial charge on any atom is -0.272 e. The second-order valence-corrected chi connectivity index (χ2v) is 7.38. The summed E-state index contributed by atoms with van der Waals surface area (Å²) < 4.78 is 0. The number of amides is 2. The smallest absolute Gasteiger partial charge is 0.272 e. The summed E-state index contributed by atoms with van der Waals surface area (Å²) >= 11 is 1.39. The Morgan fingerprint density at radius 3 is 2.41 bits per heavy atom. The van der Waals surface area contributed by atoms with Gasteiger partial charge in [0.25, 0.3) is 17.4 Å². The molecule has 1 heterocycles. The molecule has 0 aliphatic heterocycles. The van der Waals surface area contributed by atoms with E-state index in [-0.39, 0.29) is 17.2 Å². The fourth-order valence-electron chi connectivity index (χ4n) is 2.44. The van der Waals surface area contributed by atoms with E-state index in [1.807, 2.05) is 31.2 Å². The van der Waals surface area contributed by atoms with Gasteiger partial charge < -0.3 is 0 Å². The average Bonchev–Trinajstić information content (AvgIpc) is 2.68. The predicted octanol–water partition coefficient (Wildman–Crippen LogP) is 2.17. The van der Waals surface area contributed by atoms with Gasteiger partial charge in [-0.1, -0.05) is 35.9 Å². The molecule has 8 heteroatoms. The molecule has 1 aromatic heterocycles. The Morgan fingerprint density at radius 2 is 1.70 bits per heavy atom. The van der Waals surface area contributed by atoms with Crippen LogP contribution >= 0.6 is 11.8 Å². The maximum absolute atomic E-state index is 12.4. The number of hydrogen-bond donors (Lipinski definition) is 3. The van der Waals surface area contributed by atoms with Crippen LogP contribution in [0.5, 0.6) is 0 Å². The number of thioether (sulfide) groups is 1. The van der Waals surface area contributed by atoms with Crippen molar-refractivity contribution in [3.05, 3.63) is 70.1 Å². The summed E-state index contributed by atoms with van der Waals surface area (Å²) in [6, 6.07) is 14.5. The highest BCUT2D eigenvalue weighted by atomic mass is 32.2. The number of nitrogens with zero attached hydrogens (tertiary/aromatic N) is 1. The molecule has 0 aliphatic carbocycles. The van der Waals surface area contributed by atoms with Gasteiger partial charge in [-0.05, 0) is 32.0 Å². The van der Waals surface area contributed by atoms with Crippen LogP contribution in [0.15, 0.2) is 58.2 Å². The molecule has 138 valence electrons. The van der Waals surface area contributed by atoms with E-state index in [1.165, 1.54) is 11.8 Å². The van der Waals surface area contributed by atoms with Crippen molar-refractivity contribution in [1.29, 1.82) is 0 Å². The summed E-state index contributed by atoms with van der Waals surface area (Å²) in [7, 11) is 0. The molecule has 27 heavy (non-hydrogen) atoms. The molecule has 2 aromatic carbocycles. The first kappa shape index (κ1) is 18.7. The number of aryl methyl sites for hydroxylation is 1. The summed E-state index contributed by atoms with van der Waals surface area (Å²) in [6.45, 7) is 3.74. The minimum absolute atomic E-state index is 0.0318. The molecule has 3 rings (SSSR count). The zero-order valence-corrected chi connectivity index (χ0v) is 15.6. The Morgan fingerprint density at radius 1 is 1.04 bits per heavy atom. The van der Waals surface area contributed by atoms with Gasteiger partial charge in [0.1, 0.15) is 0 Å². The number of aromatic nitrogens is 2. The van der Waals surface area contributed by atoms with E-state index < -0.39 is 11.2 Å². The van der Waals surface area contributed by atoms with Gasteiger partial charge in [0.15, 0.2) is 5.69 Å². The third-order valence-electron chi connectivity index (χ3n) is 3.91. The van der Waals surface area contributed by atoms with Gasteiger partial charge in [-0.2, -0.15) is 5.10 Å². The summed E-state index contributed by atoms with van der Waals surface area (Å²) in [4.78, 5) is 37.4. The first-order chi connectivity index (χ1) is 13.0. The molecule has 0 saturated heterocycles. The van der Waals surface area contributed by atoms with Crippen LogP contribution in [0.1, 0.15) is 23.0 Å². The van der Waals surface area contributed by atoms with Crippen LogP contribution in [0, 0.1) is 6.92 Å². The van der Waals surface area contributed by atoms with E-state index in [2.05, 4.69) is 21.0 Å². The first-order valence-corrected chi connectivity index (χ1v) is 9.14. The first-order valence-electron chi connectivity index (χ1n) is 8.26. The highest BCUT2D eigenvalue weighted by molar-refractivity contribution is 8.00. The van der Waals surface area contributed by atoms with Gasteiger partial charge in [-0.3, -0.25) is 25.2 Å². The lowest BCUT2D eigenvalue weighted by Gasteiger charge is -2.13. The second-order valence-electron chi connectivity index (χ2n) is 5.96. The number of carbonyl (C=O) groups excluding carboxylic acids is 2. The molecule has 3 aromatic rings. The molecule has 0 fully saturated rings. The SMILES string of the molecule is Cc1ccc(S[C@@H](C)C(=O)NNC(=O)c2n[nH]c(=O)c3ccccc23)cc1. The number of benzene rings is 2. The van der Waals surface area contributed by atoms with Crippen LogP contribution in [-0.2, 0) is 4.79 Å². The van der Waals surface area contributed by atoms with Gasteiger partial charge in [0.05, 0.1) is 10.6 Å². The van der Waals surface area contributed by atoms with Gasteiger partial charge in [-0.15, -0.1) is 11.8 Å². The maximum atomic E-state index is 12.4. The van der Waals surface area contributed by atoms with Gasteiger partial charge >= 0.3 is 0 Å². The molecular weight excluding hydrogens is 364 g/mol. The van der Waals surface area contributed by atoms with E-state index in [4.69, 9.17) is 0 Å². The van der Waals surface area contributed by atoms with Crippen molar-refractivity contribution < 1.29 is 9.59 Å². The molecule has 7 nitrogen and oxygen atoms in total. The van der Waals surface area contributed by atoms with Crippen molar-refractivity contribution in [1.82, 2.24) is 21.0 Å². The lowest BCUT2D eigenvalue weighted by Crippen LogP contribution is -2.45. The van der Waals surface area contributed by atoms with Crippen molar-refractivity contribution in [2.45, 2.75) is 24.0 Å². The fraction of sp³-hybridized carbons (Fsp3) is 0.158. The highest BCUT2D eigenvalue weighted by Gasteiger charge is 2.18. The zero-order valence-electron chi connectivity index (χ0n) is 14.8. The summed E-state index contributed by atoms with van der Waals surface area (Å²) in [5.74, 6) is -0.953. The van der Waals surface area contributed by atoms with Crippen LogP contribution < -0.4 is 16.4 Å². The number of H-pyrrole nitrogens is 1. The molecule has 0 unspecified atom stereocenters. The molecule has 3 N–H and O–H groups in total. The quantitative estimate of drug-likeness (QED) is 0.474. The van der Waals surface area contributed by atoms with Crippen molar-refractivity contribution in [2.24, 2.45) is 0 Å². The van der Waals surface area contributed by atoms with E-state index in [9.17, 15) is 14.4 Å². The van der Waals surface area contributed by atoms with Crippen LogP contribution in [0.4, 0.5) is 0 Å². The van der Waals surface area contributed by atoms with E-state index in [1.54, 1.807) is 31.2 Å².